The first kappa shape index (κ1) is 17.5. The summed E-state index contributed by atoms with van der Waals surface area (Å²) in [5, 5.41) is 2.40. The molecular formula is C19H24N2O4. The first-order valence-corrected chi connectivity index (χ1v) is 8.95. The van der Waals surface area contributed by atoms with Crippen molar-refractivity contribution < 1.29 is 19.1 Å². The third kappa shape index (κ3) is 4.00. The number of carbonyl (C=O) groups excluding carboxylic acids is 3. The SMILES string of the molecule is CCCCOC(=O)N1CCc2ccc(C3CCC(=O)NC3=O)cc2C1. The van der Waals surface area contributed by atoms with E-state index < -0.39 is 0 Å². The summed E-state index contributed by atoms with van der Waals surface area (Å²) in [5.74, 6) is -0.738. The lowest BCUT2D eigenvalue weighted by atomic mass is 9.87. The fourth-order valence-corrected chi connectivity index (χ4v) is 3.36. The quantitative estimate of drug-likeness (QED) is 0.673. The Hall–Kier alpha value is -2.37. The van der Waals surface area contributed by atoms with Crippen molar-refractivity contribution >= 4 is 17.9 Å². The van der Waals surface area contributed by atoms with Crippen LogP contribution in [0.25, 0.3) is 0 Å². The summed E-state index contributed by atoms with van der Waals surface area (Å²) in [7, 11) is 0. The second kappa shape index (κ2) is 7.68. The summed E-state index contributed by atoms with van der Waals surface area (Å²) in [6, 6.07) is 6.00. The molecule has 2 aliphatic rings. The number of imide groups is 1. The molecule has 0 bridgehead atoms. The minimum Gasteiger partial charge on any atom is -0.449 e. The van der Waals surface area contributed by atoms with Gasteiger partial charge in [-0.25, -0.2) is 4.79 Å². The van der Waals surface area contributed by atoms with E-state index >= 15 is 0 Å². The minimum atomic E-state index is -0.296. The van der Waals surface area contributed by atoms with E-state index in [0.717, 1.165) is 30.4 Å². The van der Waals surface area contributed by atoms with Gasteiger partial charge in [0.1, 0.15) is 0 Å². The van der Waals surface area contributed by atoms with Crippen LogP contribution in [-0.2, 0) is 27.3 Å². The van der Waals surface area contributed by atoms with Crippen molar-refractivity contribution in [1.29, 1.82) is 0 Å². The molecule has 3 amide bonds. The Balaban J connectivity index is 1.70. The fraction of sp³-hybridized carbons (Fsp3) is 0.526. The number of hydrogen-bond donors (Lipinski definition) is 1. The van der Waals surface area contributed by atoms with Crippen LogP contribution >= 0.6 is 0 Å². The average Bonchev–Trinajstić information content (AvgIpc) is 2.61. The van der Waals surface area contributed by atoms with E-state index in [2.05, 4.69) is 12.2 Å². The maximum atomic E-state index is 12.2. The number of piperidine rings is 1. The van der Waals surface area contributed by atoms with Gasteiger partial charge in [-0.2, -0.15) is 0 Å². The molecule has 134 valence electrons. The van der Waals surface area contributed by atoms with Crippen molar-refractivity contribution in [3.8, 4) is 0 Å². The molecule has 1 aromatic rings. The third-order valence-electron chi connectivity index (χ3n) is 4.87. The Morgan fingerprint density at radius 2 is 2.12 bits per heavy atom. The lowest BCUT2D eigenvalue weighted by Crippen LogP contribution is -2.40. The van der Waals surface area contributed by atoms with E-state index in [0.29, 0.717) is 32.5 Å². The molecule has 1 atom stereocenters. The zero-order valence-corrected chi connectivity index (χ0v) is 14.5. The average molecular weight is 344 g/mol. The van der Waals surface area contributed by atoms with Crippen molar-refractivity contribution in [3.63, 3.8) is 0 Å². The van der Waals surface area contributed by atoms with E-state index in [1.807, 2.05) is 18.2 Å². The number of carbonyl (C=O) groups is 3. The van der Waals surface area contributed by atoms with Crippen LogP contribution in [0.2, 0.25) is 0 Å². The van der Waals surface area contributed by atoms with Crippen LogP contribution in [0.5, 0.6) is 0 Å². The van der Waals surface area contributed by atoms with Crippen molar-refractivity contribution in [2.45, 2.75) is 51.5 Å². The molecule has 6 nitrogen and oxygen atoms in total. The summed E-state index contributed by atoms with van der Waals surface area (Å²) in [4.78, 5) is 37.3. The molecule has 2 heterocycles. The van der Waals surface area contributed by atoms with Crippen LogP contribution in [0.4, 0.5) is 4.79 Å². The standard InChI is InChI=1S/C19H24N2O4/c1-2-3-10-25-19(24)21-9-8-13-4-5-14(11-15(13)12-21)16-6-7-17(22)20-18(16)23/h4-5,11,16H,2-3,6-10,12H2,1H3,(H,20,22,23). The Bertz CT molecular complexity index is 686. The first-order chi connectivity index (χ1) is 12.1. The third-order valence-corrected chi connectivity index (χ3v) is 4.87. The molecule has 0 spiro atoms. The second-order valence-corrected chi connectivity index (χ2v) is 6.67. The second-order valence-electron chi connectivity index (χ2n) is 6.67. The number of ether oxygens (including phenoxy) is 1. The lowest BCUT2D eigenvalue weighted by Gasteiger charge is -2.29. The highest BCUT2D eigenvalue weighted by Crippen LogP contribution is 2.29. The van der Waals surface area contributed by atoms with Crippen LogP contribution < -0.4 is 5.32 Å². The van der Waals surface area contributed by atoms with Gasteiger partial charge in [-0.05, 0) is 36.0 Å². The molecule has 1 aromatic carbocycles. The van der Waals surface area contributed by atoms with Gasteiger partial charge in [0.2, 0.25) is 11.8 Å². The molecule has 0 aliphatic carbocycles. The van der Waals surface area contributed by atoms with Crippen molar-refractivity contribution in [2.75, 3.05) is 13.2 Å². The molecule has 3 rings (SSSR count). The van der Waals surface area contributed by atoms with E-state index in [1.54, 1.807) is 4.90 Å². The fourth-order valence-electron chi connectivity index (χ4n) is 3.36. The highest BCUT2D eigenvalue weighted by atomic mass is 16.6. The van der Waals surface area contributed by atoms with Gasteiger partial charge in [-0.1, -0.05) is 31.5 Å². The normalized spacial score (nSPS) is 20.0. The number of unbranched alkanes of at least 4 members (excludes halogenated alkanes) is 1. The summed E-state index contributed by atoms with van der Waals surface area (Å²) < 4.78 is 5.30. The minimum absolute atomic E-state index is 0.208. The van der Waals surface area contributed by atoms with Gasteiger partial charge in [0.25, 0.3) is 0 Å². The highest BCUT2D eigenvalue weighted by molar-refractivity contribution is 6.00. The predicted octanol–water partition coefficient (Wildman–Crippen LogP) is 2.50. The topological polar surface area (TPSA) is 75.7 Å². The molecule has 25 heavy (non-hydrogen) atoms. The van der Waals surface area contributed by atoms with Gasteiger partial charge in [0.05, 0.1) is 12.5 Å². The number of benzene rings is 1. The van der Waals surface area contributed by atoms with Gasteiger partial charge in [0.15, 0.2) is 0 Å². The zero-order chi connectivity index (χ0) is 17.8. The predicted molar refractivity (Wildman–Crippen MR) is 91.9 cm³/mol. The molecule has 1 saturated heterocycles. The van der Waals surface area contributed by atoms with Gasteiger partial charge >= 0.3 is 6.09 Å². The van der Waals surface area contributed by atoms with E-state index in [-0.39, 0.29) is 23.8 Å². The Labute approximate surface area is 147 Å². The summed E-state index contributed by atoms with van der Waals surface area (Å²) in [6.45, 7) is 3.66. The maximum absolute atomic E-state index is 12.2. The van der Waals surface area contributed by atoms with Crippen LogP contribution in [0.1, 0.15) is 55.2 Å². The van der Waals surface area contributed by atoms with Crippen LogP contribution in [0.3, 0.4) is 0 Å². The number of amides is 3. The number of rotatable bonds is 4. The monoisotopic (exact) mass is 344 g/mol. The Morgan fingerprint density at radius 1 is 1.28 bits per heavy atom. The largest absolute Gasteiger partial charge is 0.449 e. The number of hydrogen-bond acceptors (Lipinski definition) is 4. The van der Waals surface area contributed by atoms with E-state index in [9.17, 15) is 14.4 Å². The Morgan fingerprint density at radius 3 is 2.88 bits per heavy atom. The number of fused-ring (bicyclic) bond motifs is 1. The summed E-state index contributed by atoms with van der Waals surface area (Å²) >= 11 is 0. The molecular weight excluding hydrogens is 320 g/mol. The van der Waals surface area contributed by atoms with Gasteiger partial charge in [-0.3, -0.25) is 14.9 Å². The molecule has 0 aromatic heterocycles. The van der Waals surface area contributed by atoms with E-state index in [4.69, 9.17) is 4.74 Å². The Kier molecular flexibility index (Phi) is 5.36. The van der Waals surface area contributed by atoms with E-state index in [1.165, 1.54) is 5.56 Å². The molecule has 2 aliphatic heterocycles. The van der Waals surface area contributed by atoms with Gasteiger partial charge < -0.3 is 9.64 Å². The summed E-state index contributed by atoms with van der Waals surface area (Å²) in [6.07, 6.45) is 3.27. The molecule has 6 heteroatoms. The van der Waals surface area contributed by atoms with Crippen molar-refractivity contribution in [3.05, 3.63) is 34.9 Å². The zero-order valence-electron chi connectivity index (χ0n) is 14.5. The van der Waals surface area contributed by atoms with Gasteiger partial charge in [0, 0.05) is 19.5 Å². The molecule has 0 radical (unpaired) electrons. The van der Waals surface area contributed by atoms with Gasteiger partial charge in [-0.15, -0.1) is 0 Å². The number of nitrogens with zero attached hydrogens (tertiary/aromatic N) is 1. The first-order valence-electron chi connectivity index (χ1n) is 8.95. The van der Waals surface area contributed by atoms with Crippen LogP contribution in [0.15, 0.2) is 18.2 Å². The summed E-state index contributed by atoms with van der Waals surface area (Å²) in [5.41, 5.74) is 3.17. The highest BCUT2D eigenvalue weighted by Gasteiger charge is 2.29. The molecule has 0 saturated carbocycles. The maximum Gasteiger partial charge on any atom is 0.410 e. The van der Waals surface area contributed by atoms with Crippen LogP contribution in [0, 0.1) is 0 Å². The lowest BCUT2D eigenvalue weighted by molar-refractivity contribution is -0.134. The number of nitrogens with one attached hydrogen (secondary N) is 1. The van der Waals surface area contributed by atoms with Crippen molar-refractivity contribution in [1.82, 2.24) is 10.2 Å². The smallest absolute Gasteiger partial charge is 0.410 e. The molecule has 1 unspecified atom stereocenters. The molecule has 1 N–H and O–H groups in total. The van der Waals surface area contributed by atoms with Crippen molar-refractivity contribution in [2.24, 2.45) is 0 Å². The molecule has 1 fully saturated rings. The van der Waals surface area contributed by atoms with Crippen LogP contribution in [-0.4, -0.2) is 36.0 Å².